The lowest BCUT2D eigenvalue weighted by atomic mass is 10.1. The third kappa shape index (κ3) is 3.45. The largest absolute Gasteiger partial charge is 0.463 e. The van der Waals surface area contributed by atoms with E-state index >= 15 is 0 Å². The monoisotopic (exact) mass is 289 g/mol. The number of aromatic nitrogens is 6. The first-order valence-electron chi connectivity index (χ1n) is 7.33. The minimum absolute atomic E-state index is 0.332. The van der Waals surface area contributed by atoms with Gasteiger partial charge in [0.1, 0.15) is 12.7 Å². The van der Waals surface area contributed by atoms with Crippen molar-refractivity contribution in [1.29, 1.82) is 0 Å². The van der Waals surface area contributed by atoms with Crippen LogP contribution in [0.2, 0.25) is 0 Å². The minimum atomic E-state index is 0.332. The molecule has 1 N–H and O–H groups in total. The van der Waals surface area contributed by atoms with Gasteiger partial charge in [-0.15, -0.1) is 0 Å². The smallest absolute Gasteiger partial charge is 0.323 e. The minimum Gasteiger partial charge on any atom is -0.463 e. The standard InChI is InChI=1S/C13H19N7O/c1-2-15-11-17-12(20-9-14-8-16-20)19-13(18-11)21-7-10-5-3-4-6-10/h8-10H,2-7H2,1H3,(H,15,17,18,19). The van der Waals surface area contributed by atoms with Crippen LogP contribution in [-0.2, 0) is 0 Å². The van der Waals surface area contributed by atoms with Crippen LogP contribution in [0.15, 0.2) is 12.7 Å². The molecular formula is C13H19N7O. The van der Waals surface area contributed by atoms with Crippen LogP contribution in [0.4, 0.5) is 5.95 Å². The van der Waals surface area contributed by atoms with Gasteiger partial charge in [-0.1, -0.05) is 12.8 Å². The molecule has 2 heterocycles. The summed E-state index contributed by atoms with van der Waals surface area (Å²) in [6.45, 7) is 3.37. The molecule has 1 aliphatic rings. The molecule has 0 spiro atoms. The fraction of sp³-hybridized carbons (Fsp3) is 0.615. The maximum atomic E-state index is 5.75. The van der Waals surface area contributed by atoms with Crippen LogP contribution in [0.5, 0.6) is 6.01 Å². The molecule has 0 radical (unpaired) electrons. The van der Waals surface area contributed by atoms with Gasteiger partial charge in [0.05, 0.1) is 6.61 Å². The Morgan fingerprint density at radius 1 is 1.29 bits per heavy atom. The number of rotatable bonds is 6. The zero-order chi connectivity index (χ0) is 14.5. The summed E-state index contributed by atoms with van der Waals surface area (Å²) in [4.78, 5) is 16.8. The molecule has 112 valence electrons. The van der Waals surface area contributed by atoms with Crippen molar-refractivity contribution in [2.45, 2.75) is 32.6 Å². The number of hydrogen-bond acceptors (Lipinski definition) is 7. The van der Waals surface area contributed by atoms with Crippen molar-refractivity contribution >= 4 is 5.95 Å². The van der Waals surface area contributed by atoms with E-state index in [0.717, 1.165) is 6.54 Å². The lowest BCUT2D eigenvalue weighted by molar-refractivity contribution is 0.233. The highest BCUT2D eigenvalue weighted by Gasteiger charge is 2.17. The van der Waals surface area contributed by atoms with Gasteiger partial charge in [0.2, 0.25) is 5.95 Å². The highest BCUT2D eigenvalue weighted by molar-refractivity contribution is 5.29. The number of anilines is 1. The van der Waals surface area contributed by atoms with E-state index in [1.165, 1.54) is 36.7 Å². The summed E-state index contributed by atoms with van der Waals surface area (Å²) in [6.07, 6.45) is 8.01. The fourth-order valence-electron chi connectivity index (χ4n) is 2.43. The summed E-state index contributed by atoms with van der Waals surface area (Å²) < 4.78 is 7.24. The van der Waals surface area contributed by atoms with Gasteiger partial charge < -0.3 is 10.1 Å². The first kappa shape index (κ1) is 13.7. The van der Waals surface area contributed by atoms with Crippen LogP contribution in [0.25, 0.3) is 5.95 Å². The summed E-state index contributed by atoms with van der Waals surface area (Å²) in [5.74, 6) is 1.50. The van der Waals surface area contributed by atoms with Crippen LogP contribution in [0.3, 0.4) is 0 Å². The van der Waals surface area contributed by atoms with Gasteiger partial charge in [0, 0.05) is 6.54 Å². The second-order valence-corrected chi connectivity index (χ2v) is 5.07. The average Bonchev–Trinajstić information content (AvgIpc) is 3.19. The molecule has 3 rings (SSSR count). The molecule has 1 fully saturated rings. The molecule has 0 aromatic carbocycles. The second kappa shape index (κ2) is 6.47. The van der Waals surface area contributed by atoms with Gasteiger partial charge in [0.25, 0.3) is 5.95 Å². The van der Waals surface area contributed by atoms with Crippen molar-refractivity contribution in [3.63, 3.8) is 0 Å². The van der Waals surface area contributed by atoms with E-state index < -0.39 is 0 Å². The van der Waals surface area contributed by atoms with Crippen molar-refractivity contribution in [3.05, 3.63) is 12.7 Å². The molecule has 0 bridgehead atoms. The molecule has 0 aliphatic heterocycles. The van der Waals surface area contributed by atoms with Crippen LogP contribution in [-0.4, -0.2) is 42.9 Å². The van der Waals surface area contributed by atoms with Gasteiger partial charge >= 0.3 is 6.01 Å². The summed E-state index contributed by atoms with van der Waals surface area (Å²) >= 11 is 0. The van der Waals surface area contributed by atoms with Crippen molar-refractivity contribution in [1.82, 2.24) is 29.7 Å². The predicted molar refractivity (Wildman–Crippen MR) is 76.4 cm³/mol. The number of nitrogens with zero attached hydrogens (tertiary/aromatic N) is 6. The summed E-state index contributed by atoms with van der Waals surface area (Å²) in [5.41, 5.74) is 0. The molecule has 0 amide bonds. The summed E-state index contributed by atoms with van der Waals surface area (Å²) in [5, 5.41) is 7.11. The molecule has 2 aromatic heterocycles. The second-order valence-electron chi connectivity index (χ2n) is 5.07. The van der Waals surface area contributed by atoms with E-state index in [1.807, 2.05) is 6.92 Å². The molecule has 1 aliphatic carbocycles. The third-order valence-corrected chi connectivity index (χ3v) is 3.48. The molecule has 0 atom stereocenters. The Morgan fingerprint density at radius 2 is 2.14 bits per heavy atom. The average molecular weight is 289 g/mol. The van der Waals surface area contributed by atoms with Crippen LogP contribution in [0.1, 0.15) is 32.6 Å². The quantitative estimate of drug-likeness (QED) is 0.860. The molecule has 0 unspecified atom stereocenters. The number of ether oxygens (including phenoxy) is 1. The van der Waals surface area contributed by atoms with Gasteiger partial charge in [-0.25, -0.2) is 4.98 Å². The molecule has 8 nitrogen and oxygen atoms in total. The third-order valence-electron chi connectivity index (χ3n) is 3.48. The normalized spacial score (nSPS) is 15.3. The van der Waals surface area contributed by atoms with Crippen molar-refractivity contribution < 1.29 is 4.74 Å². The number of hydrogen-bond donors (Lipinski definition) is 1. The Kier molecular flexibility index (Phi) is 4.23. The Bertz CT molecular complexity index is 566. The zero-order valence-corrected chi connectivity index (χ0v) is 12.1. The number of nitrogens with one attached hydrogen (secondary N) is 1. The first-order chi connectivity index (χ1) is 10.3. The summed E-state index contributed by atoms with van der Waals surface area (Å²) in [7, 11) is 0. The predicted octanol–water partition coefficient (Wildman–Crippen LogP) is 1.45. The lowest BCUT2D eigenvalue weighted by Crippen LogP contribution is -2.14. The van der Waals surface area contributed by atoms with E-state index in [9.17, 15) is 0 Å². The molecular weight excluding hydrogens is 270 g/mol. The lowest BCUT2D eigenvalue weighted by Gasteiger charge is -2.11. The van der Waals surface area contributed by atoms with Gasteiger partial charge in [-0.2, -0.15) is 24.7 Å². The molecule has 2 aromatic rings. The van der Waals surface area contributed by atoms with E-state index in [4.69, 9.17) is 4.74 Å². The molecule has 8 heteroatoms. The summed E-state index contributed by atoms with van der Waals surface area (Å²) in [6, 6.07) is 0.332. The van der Waals surface area contributed by atoms with Crippen LogP contribution < -0.4 is 10.1 Å². The van der Waals surface area contributed by atoms with Crippen LogP contribution >= 0.6 is 0 Å². The van der Waals surface area contributed by atoms with Crippen molar-refractivity contribution in [2.75, 3.05) is 18.5 Å². The Balaban J connectivity index is 1.77. The van der Waals surface area contributed by atoms with Crippen LogP contribution in [0, 0.1) is 5.92 Å². The van der Waals surface area contributed by atoms with E-state index in [1.54, 1.807) is 6.33 Å². The maximum absolute atomic E-state index is 5.75. The molecule has 0 saturated heterocycles. The van der Waals surface area contributed by atoms with Crippen molar-refractivity contribution in [3.8, 4) is 12.0 Å². The van der Waals surface area contributed by atoms with E-state index in [2.05, 4.69) is 30.4 Å². The first-order valence-corrected chi connectivity index (χ1v) is 7.33. The van der Waals surface area contributed by atoms with E-state index in [0.29, 0.717) is 30.4 Å². The zero-order valence-electron chi connectivity index (χ0n) is 12.1. The Labute approximate surface area is 123 Å². The van der Waals surface area contributed by atoms with Gasteiger partial charge in [0.15, 0.2) is 0 Å². The topological polar surface area (TPSA) is 90.6 Å². The maximum Gasteiger partial charge on any atom is 0.323 e. The highest BCUT2D eigenvalue weighted by atomic mass is 16.5. The Hall–Kier alpha value is -2.25. The highest BCUT2D eigenvalue weighted by Crippen LogP contribution is 2.25. The Morgan fingerprint density at radius 3 is 2.86 bits per heavy atom. The van der Waals surface area contributed by atoms with Gasteiger partial charge in [-0.05, 0) is 25.7 Å². The van der Waals surface area contributed by atoms with Crippen molar-refractivity contribution in [2.24, 2.45) is 5.92 Å². The van der Waals surface area contributed by atoms with E-state index in [-0.39, 0.29) is 0 Å². The SMILES string of the molecule is CCNc1nc(OCC2CCCC2)nc(-n2cncn2)n1. The molecule has 1 saturated carbocycles. The molecule has 21 heavy (non-hydrogen) atoms. The van der Waals surface area contributed by atoms with Gasteiger partial charge in [-0.3, -0.25) is 0 Å². The fourth-order valence-corrected chi connectivity index (χ4v) is 2.43.